The van der Waals surface area contributed by atoms with Crippen molar-refractivity contribution in [1.82, 2.24) is 0 Å². The Hall–Kier alpha value is -0.760. The van der Waals surface area contributed by atoms with Gasteiger partial charge >= 0.3 is 21.3 Å². The lowest BCUT2D eigenvalue weighted by Gasteiger charge is -2.36. The fourth-order valence-corrected chi connectivity index (χ4v) is 2.63. The summed E-state index contributed by atoms with van der Waals surface area (Å²) in [5, 5.41) is -4.91. The molecule has 0 aromatic heterocycles. The molecule has 0 bridgehead atoms. The summed E-state index contributed by atoms with van der Waals surface area (Å²) in [6, 6.07) is 0. The Kier molecular flexibility index (Phi) is 4.80. The summed E-state index contributed by atoms with van der Waals surface area (Å²) < 4.78 is 59.7. The Labute approximate surface area is 117 Å². The topological polar surface area (TPSA) is 80.7 Å². The van der Waals surface area contributed by atoms with E-state index in [0.717, 1.165) is 12.8 Å². The van der Waals surface area contributed by atoms with Crippen LogP contribution < -0.4 is 0 Å². The molecule has 0 radical (unpaired) electrons. The minimum absolute atomic E-state index is 0.0906. The molecule has 0 atom stereocenters. The fraction of sp³-hybridized carbons (Fsp3) is 0.917. The fourth-order valence-electron chi connectivity index (χ4n) is 2.37. The smallest absolute Gasteiger partial charge is 0.457 e. The molecule has 8 heteroatoms. The van der Waals surface area contributed by atoms with Crippen LogP contribution in [0.2, 0.25) is 0 Å². The second-order valence-corrected chi connectivity index (χ2v) is 7.70. The molecule has 0 aromatic rings. The number of halogens is 2. The molecular formula is C12H20F2O5S. The van der Waals surface area contributed by atoms with Gasteiger partial charge in [-0.05, 0) is 37.0 Å². The lowest BCUT2D eigenvalue weighted by Crippen LogP contribution is -2.41. The van der Waals surface area contributed by atoms with Crippen LogP contribution in [0, 0.1) is 11.3 Å². The van der Waals surface area contributed by atoms with E-state index in [1.54, 1.807) is 0 Å². The second kappa shape index (κ2) is 5.55. The van der Waals surface area contributed by atoms with Crippen molar-refractivity contribution < 1.29 is 31.3 Å². The van der Waals surface area contributed by atoms with Crippen molar-refractivity contribution in [2.24, 2.45) is 11.3 Å². The van der Waals surface area contributed by atoms with Crippen LogP contribution in [0.3, 0.4) is 0 Å². The molecule has 1 aliphatic carbocycles. The molecule has 20 heavy (non-hydrogen) atoms. The third kappa shape index (κ3) is 3.88. The number of carbonyl (C=O) groups is 1. The van der Waals surface area contributed by atoms with Crippen molar-refractivity contribution in [2.45, 2.75) is 57.8 Å². The molecule has 118 valence electrons. The van der Waals surface area contributed by atoms with Crippen LogP contribution in [-0.2, 0) is 19.6 Å². The SMILES string of the molecule is CC(C)(C)C1CCC(OC(=O)C(F)(F)S(=O)(=O)O)CC1. The molecule has 0 unspecified atom stereocenters. The quantitative estimate of drug-likeness (QED) is 0.640. The van der Waals surface area contributed by atoms with Gasteiger partial charge in [0, 0.05) is 0 Å². The van der Waals surface area contributed by atoms with Crippen LogP contribution in [0.25, 0.3) is 0 Å². The highest BCUT2D eigenvalue weighted by atomic mass is 32.2. The summed E-state index contributed by atoms with van der Waals surface area (Å²) in [7, 11) is -5.79. The Morgan fingerprint density at radius 1 is 1.15 bits per heavy atom. The minimum atomic E-state index is -5.79. The molecule has 5 nitrogen and oxygen atoms in total. The summed E-state index contributed by atoms with van der Waals surface area (Å²) in [5.74, 6) is -1.81. The Morgan fingerprint density at radius 2 is 1.60 bits per heavy atom. The van der Waals surface area contributed by atoms with E-state index >= 15 is 0 Å². The third-order valence-corrected chi connectivity index (χ3v) is 4.55. The molecule has 0 aromatic carbocycles. The zero-order valence-corrected chi connectivity index (χ0v) is 12.5. The van der Waals surface area contributed by atoms with Crippen LogP contribution in [0.4, 0.5) is 8.78 Å². The monoisotopic (exact) mass is 314 g/mol. The Morgan fingerprint density at radius 3 is 1.95 bits per heavy atom. The molecule has 1 rings (SSSR count). The number of hydrogen-bond donors (Lipinski definition) is 1. The van der Waals surface area contributed by atoms with E-state index in [4.69, 9.17) is 4.55 Å². The molecule has 0 spiro atoms. The molecule has 0 aliphatic heterocycles. The standard InChI is InChI=1S/C12H20F2O5S/c1-11(2,3)8-4-6-9(7-5-8)19-10(15)12(13,14)20(16,17)18/h8-9H,4-7H2,1-3H3,(H,16,17,18). The zero-order valence-electron chi connectivity index (χ0n) is 11.7. The maximum absolute atomic E-state index is 13.0. The van der Waals surface area contributed by atoms with Crippen molar-refractivity contribution in [1.29, 1.82) is 0 Å². The normalized spacial score (nSPS) is 25.3. The summed E-state index contributed by atoms with van der Waals surface area (Å²) in [4.78, 5) is 11.1. The van der Waals surface area contributed by atoms with Gasteiger partial charge in [0.25, 0.3) is 0 Å². The first kappa shape index (κ1) is 17.3. The average molecular weight is 314 g/mol. The molecule has 1 N–H and O–H groups in total. The largest absolute Gasteiger partial charge is 0.465 e. The first-order chi connectivity index (χ1) is 8.85. The van der Waals surface area contributed by atoms with Crippen molar-refractivity contribution in [2.75, 3.05) is 0 Å². The van der Waals surface area contributed by atoms with Gasteiger partial charge in [0.1, 0.15) is 6.10 Å². The van der Waals surface area contributed by atoms with Gasteiger partial charge in [-0.1, -0.05) is 20.8 Å². The van der Waals surface area contributed by atoms with Crippen molar-refractivity contribution in [3.63, 3.8) is 0 Å². The predicted molar refractivity (Wildman–Crippen MR) is 67.8 cm³/mol. The number of rotatable bonds is 3. The van der Waals surface area contributed by atoms with E-state index in [0.29, 0.717) is 18.8 Å². The van der Waals surface area contributed by atoms with Gasteiger partial charge in [0.2, 0.25) is 0 Å². The number of ether oxygens (including phenoxy) is 1. The number of hydrogen-bond acceptors (Lipinski definition) is 4. The Balaban J connectivity index is 2.59. The molecule has 0 amide bonds. The van der Waals surface area contributed by atoms with E-state index in [1.165, 1.54) is 0 Å². The summed E-state index contributed by atoms with van der Waals surface area (Å²) >= 11 is 0. The Bertz CT molecular complexity index is 459. The van der Waals surface area contributed by atoms with Crippen LogP contribution in [0.1, 0.15) is 46.5 Å². The van der Waals surface area contributed by atoms with Crippen LogP contribution in [0.5, 0.6) is 0 Å². The summed E-state index contributed by atoms with van der Waals surface area (Å²) in [5.41, 5.74) is 0.0906. The molecule has 0 heterocycles. The molecule has 1 fully saturated rings. The maximum atomic E-state index is 13.0. The number of alkyl halides is 2. The third-order valence-electron chi connectivity index (χ3n) is 3.73. The minimum Gasteiger partial charge on any atom is -0.457 e. The summed E-state index contributed by atoms with van der Waals surface area (Å²) in [6.45, 7) is 6.24. The molecular weight excluding hydrogens is 294 g/mol. The highest BCUT2D eigenvalue weighted by Crippen LogP contribution is 2.39. The van der Waals surface area contributed by atoms with Gasteiger partial charge in [-0.3, -0.25) is 4.55 Å². The van der Waals surface area contributed by atoms with Gasteiger partial charge in [-0.25, -0.2) is 4.79 Å². The van der Waals surface area contributed by atoms with Gasteiger partial charge in [0.05, 0.1) is 0 Å². The van der Waals surface area contributed by atoms with Crippen molar-refractivity contribution in [3.8, 4) is 0 Å². The van der Waals surface area contributed by atoms with Gasteiger partial charge in [-0.15, -0.1) is 0 Å². The highest BCUT2D eigenvalue weighted by Gasteiger charge is 2.54. The van der Waals surface area contributed by atoms with Crippen LogP contribution in [0.15, 0.2) is 0 Å². The predicted octanol–water partition coefficient (Wildman–Crippen LogP) is 2.62. The van der Waals surface area contributed by atoms with Crippen molar-refractivity contribution >= 4 is 16.1 Å². The molecule has 1 aliphatic rings. The van der Waals surface area contributed by atoms with E-state index < -0.39 is 27.4 Å². The van der Waals surface area contributed by atoms with E-state index in [9.17, 15) is 22.0 Å². The van der Waals surface area contributed by atoms with Gasteiger partial charge < -0.3 is 4.74 Å². The zero-order chi connectivity index (χ0) is 15.8. The number of carbonyl (C=O) groups excluding carboxylic acids is 1. The molecule has 1 saturated carbocycles. The lowest BCUT2D eigenvalue weighted by molar-refractivity contribution is -0.169. The second-order valence-electron chi connectivity index (χ2n) is 6.24. The average Bonchev–Trinajstić information content (AvgIpc) is 2.26. The van der Waals surface area contributed by atoms with Crippen LogP contribution >= 0.6 is 0 Å². The first-order valence-corrected chi connectivity index (χ1v) is 7.85. The van der Waals surface area contributed by atoms with E-state index in [1.807, 2.05) is 0 Å². The first-order valence-electron chi connectivity index (χ1n) is 6.41. The van der Waals surface area contributed by atoms with Crippen LogP contribution in [-0.4, -0.2) is 30.3 Å². The molecule has 0 saturated heterocycles. The highest BCUT2D eigenvalue weighted by molar-refractivity contribution is 7.87. The van der Waals surface area contributed by atoms with Crippen molar-refractivity contribution in [3.05, 3.63) is 0 Å². The summed E-state index contributed by atoms with van der Waals surface area (Å²) in [6.07, 6.45) is 1.54. The van der Waals surface area contributed by atoms with E-state index in [-0.39, 0.29) is 5.41 Å². The maximum Gasteiger partial charge on any atom is 0.465 e. The van der Waals surface area contributed by atoms with Gasteiger partial charge in [-0.2, -0.15) is 17.2 Å². The number of esters is 1. The van der Waals surface area contributed by atoms with E-state index in [2.05, 4.69) is 25.5 Å². The van der Waals surface area contributed by atoms with Gasteiger partial charge in [0.15, 0.2) is 0 Å². The lowest BCUT2D eigenvalue weighted by atomic mass is 9.72.